The van der Waals surface area contributed by atoms with Crippen molar-refractivity contribution < 1.29 is 23.5 Å². The molecule has 0 aromatic heterocycles. The van der Waals surface area contributed by atoms with E-state index in [-0.39, 0.29) is 40.1 Å². The number of ether oxygens (including phenoxy) is 1. The standard InChI is InChI=1S/C31H27BrCl2FN3O4/c1-16(39)38-11-9-20(10-12-38)42-25-8-7-23(32)28(35)27(25)29-31(21-6-5-19(34)14-24(21)36-30(31)41)22(15-26(40)37-29)17-3-2-4-18(33)13-17/h2-8,13-14,20,22,29H,9-12,15H2,1H3,(H,36,41)(H,37,40)/t22-,29-,31-/m0/s1. The van der Waals surface area contributed by atoms with Crippen LogP contribution < -0.4 is 15.4 Å². The van der Waals surface area contributed by atoms with Crippen LogP contribution in [0.2, 0.25) is 10.0 Å². The SMILES string of the molecule is CC(=O)N1CCC(Oc2ccc(Br)c(F)c2[C@@H]2NC(=O)C[C@@H](c3cccc(Cl)c3)[C@]23C(=O)Nc2cc(Cl)ccc23)CC1. The summed E-state index contributed by atoms with van der Waals surface area (Å²) < 4.78 is 23.0. The van der Waals surface area contributed by atoms with Gasteiger partial charge in [0.2, 0.25) is 17.7 Å². The van der Waals surface area contributed by atoms with Gasteiger partial charge in [-0.2, -0.15) is 0 Å². The Labute approximate surface area is 260 Å². The van der Waals surface area contributed by atoms with E-state index in [1.165, 1.54) is 6.92 Å². The zero-order chi connectivity index (χ0) is 29.8. The van der Waals surface area contributed by atoms with Crippen LogP contribution in [0.15, 0.2) is 59.1 Å². The molecule has 0 aliphatic carbocycles. The molecule has 1 spiro atoms. The zero-order valence-corrected chi connectivity index (χ0v) is 25.7. The second-order valence-electron chi connectivity index (χ2n) is 10.9. The van der Waals surface area contributed by atoms with E-state index in [2.05, 4.69) is 26.6 Å². The number of hydrogen-bond donors (Lipinski definition) is 2. The van der Waals surface area contributed by atoms with Gasteiger partial charge in [0.25, 0.3) is 0 Å². The van der Waals surface area contributed by atoms with Crippen LogP contribution in [0, 0.1) is 5.82 Å². The number of benzene rings is 3. The predicted octanol–water partition coefficient (Wildman–Crippen LogP) is 6.52. The van der Waals surface area contributed by atoms with Gasteiger partial charge in [-0.05, 0) is 63.5 Å². The van der Waals surface area contributed by atoms with Gasteiger partial charge < -0.3 is 20.3 Å². The second kappa shape index (κ2) is 11.2. The molecule has 0 radical (unpaired) electrons. The van der Waals surface area contributed by atoms with E-state index in [1.807, 2.05) is 6.07 Å². The summed E-state index contributed by atoms with van der Waals surface area (Å²) in [6.45, 7) is 2.57. The van der Waals surface area contributed by atoms with Crippen molar-refractivity contribution in [2.75, 3.05) is 18.4 Å². The number of halogens is 4. The highest BCUT2D eigenvalue weighted by molar-refractivity contribution is 9.10. The molecule has 0 saturated carbocycles. The molecular weight excluding hydrogens is 648 g/mol. The number of carbonyl (C=O) groups excluding carboxylic acids is 3. The molecule has 42 heavy (non-hydrogen) atoms. The first kappa shape index (κ1) is 29.0. The number of piperidine rings is 2. The summed E-state index contributed by atoms with van der Waals surface area (Å²) in [4.78, 5) is 41.3. The van der Waals surface area contributed by atoms with Crippen LogP contribution in [-0.4, -0.2) is 41.8 Å². The quantitative estimate of drug-likeness (QED) is 0.330. The van der Waals surface area contributed by atoms with Gasteiger partial charge in [0, 0.05) is 60.9 Å². The first-order chi connectivity index (χ1) is 20.1. The third-order valence-electron chi connectivity index (χ3n) is 8.56. The Hall–Kier alpha value is -3.14. The van der Waals surface area contributed by atoms with Crippen molar-refractivity contribution in [3.8, 4) is 5.75 Å². The molecule has 2 N–H and O–H groups in total. The van der Waals surface area contributed by atoms with Gasteiger partial charge in [-0.1, -0.05) is 41.4 Å². The Morgan fingerprint density at radius 1 is 1.07 bits per heavy atom. The van der Waals surface area contributed by atoms with Gasteiger partial charge in [-0.3, -0.25) is 14.4 Å². The van der Waals surface area contributed by atoms with Crippen molar-refractivity contribution in [2.24, 2.45) is 0 Å². The fraction of sp³-hybridized carbons (Fsp3) is 0.323. The highest BCUT2D eigenvalue weighted by Gasteiger charge is 2.62. The van der Waals surface area contributed by atoms with Crippen molar-refractivity contribution >= 4 is 62.5 Å². The molecule has 3 heterocycles. The van der Waals surface area contributed by atoms with Gasteiger partial charge in [0.1, 0.15) is 23.1 Å². The summed E-state index contributed by atoms with van der Waals surface area (Å²) in [6.07, 6.45) is 0.807. The minimum Gasteiger partial charge on any atom is -0.490 e. The molecule has 218 valence electrons. The lowest BCUT2D eigenvalue weighted by Gasteiger charge is -2.47. The van der Waals surface area contributed by atoms with E-state index in [0.717, 1.165) is 0 Å². The second-order valence-corrected chi connectivity index (χ2v) is 12.6. The maximum Gasteiger partial charge on any atom is 0.238 e. The number of nitrogens with one attached hydrogen (secondary N) is 2. The summed E-state index contributed by atoms with van der Waals surface area (Å²) >= 11 is 16.0. The Kier molecular flexibility index (Phi) is 7.70. The molecule has 2 fully saturated rings. The van der Waals surface area contributed by atoms with E-state index in [1.54, 1.807) is 53.4 Å². The van der Waals surface area contributed by atoms with Gasteiger partial charge in [-0.15, -0.1) is 0 Å². The average Bonchev–Trinajstić information content (AvgIpc) is 3.23. The largest absolute Gasteiger partial charge is 0.490 e. The maximum atomic E-state index is 16.4. The van der Waals surface area contributed by atoms with Crippen molar-refractivity contribution in [3.63, 3.8) is 0 Å². The topological polar surface area (TPSA) is 87.7 Å². The van der Waals surface area contributed by atoms with Gasteiger partial charge in [0.15, 0.2) is 0 Å². The Balaban J connectivity index is 1.53. The van der Waals surface area contributed by atoms with Gasteiger partial charge in [0.05, 0.1) is 16.1 Å². The number of rotatable bonds is 4. The van der Waals surface area contributed by atoms with E-state index in [4.69, 9.17) is 27.9 Å². The molecule has 3 aliphatic heterocycles. The zero-order valence-electron chi connectivity index (χ0n) is 22.6. The number of carbonyl (C=O) groups is 3. The van der Waals surface area contributed by atoms with Crippen LogP contribution in [0.1, 0.15) is 54.8 Å². The van der Waals surface area contributed by atoms with Crippen molar-refractivity contribution in [3.05, 3.63) is 91.6 Å². The molecule has 6 rings (SSSR count). The van der Waals surface area contributed by atoms with E-state index >= 15 is 4.39 Å². The molecule has 11 heteroatoms. The first-order valence-electron chi connectivity index (χ1n) is 13.7. The molecule has 2 saturated heterocycles. The molecule has 0 unspecified atom stereocenters. The summed E-state index contributed by atoms with van der Waals surface area (Å²) in [5.41, 5.74) is 0.365. The highest BCUT2D eigenvalue weighted by Crippen LogP contribution is 2.59. The number of nitrogens with zero attached hydrogens (tertiary/aromatic N) is 1. The Morgan fingerprint density at radius 2 is 1.81 bits per heavy atom. The van der Waals surface area contributed by atoms with Crippen molar-refractivity contribution in [1.29, 1.82) is 0 Å². The summed E-state index contributed by atoms with van der Waals surface area (Å²) in [7, 11) is 0. The molecular formula is C31H27BrCl2FN3O4. The van der Waals surface area contributed by atoms with E-state index < -0.39 is 29.1 Å². The molecule has 3 aliphatic rings. The normalized spacial score (nSPS) is 23.9. The highest BCUT2D eigenvalue weighted by atomic mass is 79.9. The van der Waals surface area contributed by atoms with Crippen molar-refractivity contribution in [1.82, 2.24) is 10.2 Å². The van der Waals surface area contributed by atoms with Crippen LogP contribution in [-0.2, 0) is 19.8 Å². The molecule has 3 amide bonds. The monoisotopic (exact) mass is 673 g/mol. The third kappa shape index (κ3) is 4.85. The minimum atomic E-state index is -1.46. The fourth-order valence-electron chi connectivity index (χ4n) is 6.63. The molecule has 3 aromatic rings. The summed E-state index contributed by atoms with van der Waals surface area (Å²) in [5, 5.41) is 6.81. The van der Waals surface area contributed by atoms with Gasteiger partial charge >= 0.3 is 0 Å². The predicted molar refractivity (Wildman–Crippen MR) is 161 cm³/mol. The van der Waals surface area contributed by atoms with E-state index in [9.17, 15) is 14.4 Å². The van der Waals surface area contributed by atoms with Crippen LogP contribution in [0.3, 0.4) is 0 Å². The summed E-state index contributed by atoms with van der Waals surface area (Å²) in [5.74, 6) is -1.85. The lowest BCUT2D eigenvalue weighted by molar-refractivity contribution is -0.132. The smallest absolute Gasteiger partial charge is 0.238 e. The maximum absolute atomic E-state index is 16.4. The summed E-state index contributed by atoms with van der Waals surface area (Å²) in [6, 6.07) is 14.2. The van der Waals surface area contributed by atoms with Crippen LogP contribution in [0.5, 0.6) is 5.75 Å². The molecule has 0 bridgehead atoms. The first-order valence-corrected chi connectivity index (χ1v) is 15.2. The minimum absolute atomic E-state index is 0.00578. The van der Waals surface area contributed by atoms with Crippen LogP contribution in [0.25, 0.3) is 0 Å². The Morgan fingerprint density at radius 3 is 2.52 bits per heavy atom. The number of hydrogen-bond acceptors (Lipinski definition) is 4. The number of anilines is 1. The Bertz CT molecular complexity index is 1610. The molecule has 3 aromatic carbocycles. The van der Waals surface area contributed by atoms with Crippen LogP contribution in [0.4, 0.5) is 10.1 Å². The lowest BCUT2D eigenvalue weighted by Crippen LogP contribution is -2.57. The fourth-order valence-corrected chi connectivity index (χ4v) is 7.35. The number of amides is 3. The van der Waals surface area contributed by atoms with Crippen LogP contribution >= 0.6 is 39.1 Å². The molecule has 7 nitrogen and oxygen atoms in total. The molecule has 3 atom stereocenters. The number of fused-ring (bicyclic) bond motifs is 2. The number of likely N-dealkylation sites (tertiary alicyclic amines) is 1. The third-order valence-corrected chi connectivity index (χ3v) is 9.65. The van der Waals surface area contributed by atoms with Crippen molar-refractivity contribution in [2.45, 2.75) is 49.7 Å². The van der Waals surface area contributed by atoms with E-state index in [0.29, 0.717) is 52.8 Å². The van der Waals surface area contributed by atoms with Gasteiger partial charge in [-0.25, -0.2) is 4.39 Å². The lowest BCUT2D eigenvalue weighted by atomic mass is 9.59. The average molecular weight is 675 g/mol.